The number of aromatic nitrogens is 2. The second-order valence-corrected chi connectivity index (χ2v) is 11.7. The number of rotatable bonds is 8. The predicted molar refractivity (Wildman–Crippen MR) is 147 cm³/mol. The summed E-state index contributed by atoms with van der Waals surface area (Å²) < 4.78 is 56.0. The molecule has 0 aliphatic carbocycles. The second-order valence-electron chi connectivity index (χ2n) is 10.1. The number of alkyl halides is 2. The maximum Gasteiger partial charge on any atom is 0.335 e. The van der Waals surface area contributed by atoms with Gasteiger partial charge in [0.1, 0.15) is 23.7 Å². The molecule has 5 rings (SSSR count). The summed E-state index contributed by atoms with van der Waals surface area (Å²) in [4.78, 5) is 22.3. The molecular formula is C27H29ClF3N3O8S. The van der Waals surface area contributed by atoms with E-state index < -0.39 is 42.3 Å². The van der Waals surface area contributed by atoms with E-state index in [4.69, 9.17) is 41.5 Å². The van der Waals surface area contributed by atoms with Gasteiger partial charge in [0, 0.05) is 48.9 Å². The second kappa shape index (κ2) is 13.3. The molecule has 0 saturated carbocycles. The maximum absolute atomic E-state index is 14.4. The number of hydrogen-bond donors (Lipinski definition) is 4. The Labute approximate surface area is 252 Å². The molecule has 2 aliphatic rings. The van der Waals surface area contributed by atoms with E-state index in [9.17, 15) is 22.8 Å². The Morgan fingerprint density at radius 3 is 2.37 bits per heavy atom. The number of halogens is 4. The Bertz CT molecular complexity index is 1440. The minimum atomic E-state index is -3.02. The summed E-state index contributed by atoms with van der Waals surface area (Å²) in [5.41, 5.74) is 1.33. The first-order valence-electron chi connectivity index (χ1n) is 13.0. The molecule has 1 spiro atoms. The molecule has 2 aliphatic heterocycles. The van der Waals surface area contributed by atoms with Crippen molar-refractivity contribution >= 4 is 34.9 Å². The fraction of sp³-hybridized carbons (Fsp3) is 0.444. The van der Waals surface area contributed by atoms with Gasteiger partial charge in [-0.2, -0.15) is 13.9 Å². The SMILES string of the molecule is COCc1nn(-c2ccccc2F)cc1CN1CCC2(CC1)OCC(F)(F)c1cc(Cl)sc12.O=C(O)[C@H](O)[C@@H](O)C(=O)O. The minimum absolute atomic E-state index is 0.00532. The lowest BCUT2D eigenvalue weighted by Crippen LogP contribution is -2.48. The fourth-order valence-electron chi connectivity index (χ4n) is 4.89. The molecule has 0 radical (unpaired) electrons. The van der Waals surface area contributed by atoms with Gasteiger partial charge in [-0.1, -0.05) is 23.7 Å². The number of para-hydroxylation sites is 1. The molecule has 0 amide bonds. The van der Waals surface area contributed by atoms with Crippen LogP contribution < -0.4 is 0 Å². The lowest BCUT2D eigenvalue weighted by atomic mass is 9.84. The van der Waals surface area contributed by atoms with Crippen LogP contribution in [0, 0.1) is 5.82 Å². The van der Waals surface area contributed by atoms with E-state index in [-0.39, 0.29) is 11.4 Å². The molecule has 4 N–H and O–H groups in total. The van der Waals surface area contributed by atoms with Gasteiger partial charge in [-0.3, -0.25) is 4.90 Å². The zero-order valence-corrected chi connectivity index (χ0v) is 24.3. The van der Waals surface area contributed by atoms with Crippen molar-refractivity contribution in [2.75, 3.05) is 26.8 Å². The molecule has 2 aromatic heterocycles. The van der Waals surface area contributed by atoms with Gasteiger partial charge in [0.2, 0.25) is 0 Å². The highest BCUT2D eigenvalue weighted by Gasteiger charge is 2.51. The number of thiophene rings is 1. The molecule has 1 saturated heterocycles. The topological polar surface area (TPSA) is 155 Å². The number of aliphatic hydroxyl groups is 2. The van der Waals surface area contributed by atoms with Crippen LogP contribution in [0.5, 0.6) is 0 Å². The monoisotopic (exact) mass is 647 g/mol. The van der Waals surface area contributed by atoms with Gasteiger partial charge < -0.3 is 29.9 Å². The smallest absolute Gasteiger partial charge is 0.335 e. The molecule has 2 atom stereocenters. The van der Waals surface area contributed by atoms with Crippen molar-refractivity contribution < 1.29 is 52.7 Å². The molecule has 4 heterocycles. The minimum Gasteiger partial charge on any atom is -0.479 e. The van der Waals surface area contributed by atoms with Crippen LogP contribution in [0.25, 0.3) is 5.69 Å². The van der Waals surface area contributed by atoms with Crippen molar-refractivity contribution in [1.82, 2.24) is 14.7 Å². The Kier molecular flexibility index (Phi) is 10.2. The van der Waals surface area contributed by atoms with Crippen LogP contribution in [0.2, 0.25) is 4.34 Å². The average molecular weight is 648 g/mol. The standard InChI is InChI=1S/C23H23ClF3N3O2S.C4H6O6/c1-31-13-18-15(12-30(28-18)19-5-3-2-4-17(19)25)11-29-8-6-22(7-9-29)21-16(10-20(24)33-21)23(26,27)14-32-22;5-1(3(7)8)2(6)4(9)10/h2-5,10,12H,6-9,11,13-14H2,1H3;1-2,5-6H,(H,7,8)(H,9,10)/t;1-,2-/m.1/s1. The predicted octanol–water partition coefficient (Wildman–Crippen LogP) is 3.36. The highest BCUT2D eigenvalue weighted by atomic mass is 35.5. The zero-order chi connectivity index (χ0) is 31.5. The molecule has 3 aromatic rings. The summed E-state index contributed by atoms with van der Waals surface area (Å²) in [6, 6.07) is 7.85. The summed E-state index contributed by atoms with van der Waals surface area (Å²) >= 11 is 7.29. The van der Waals surface area contributed by atoms with E-state index in [1.54, 1.807) is 25.3 Å². The highest BCUT2D eigenvalue weighted by molar-refractivity contribution is 7.16. The van der Waals surface area contributed by atoms with Gasteiger partial charge in [0.15, 0.2) is 12.2 Å². The number of ether oxygens (including phenoxy) is 2. The Hall–Kier alpha value is -3.05. The average Bonchev–Trinajstić information content (AvgIpc) is 3.56. The number of aliphatic carboxylic acids is 2. The first kappa shape index (κ1) is 32.9. The maximum atomic E-state index is 14.4. The van der Waals surface area contributed by atoms with E-state index in [0.717, 1.165) is 11.3 Å². The zero-order valence-electron chi connectivity index (χ0n) is 22.8. The molecule has 0 unspecified atom stereocenters. The number of aliphatic hydroxyl groups excluding tert-OH is 2. The van der Waals surface area contributed by atoms with Gasteiger partial charge in [-0.15, -0.1) is 11.3 Å². The Morgan fingerprint density at radius 1 is 1.16 bits per heavy atom. The lowest BCUT2D eigenvalue weighted by molar-refractivity contribution is -0.182. The molecule has 11 nitrogen and oxygen atoms in total. The number of benzene rings is 1. The van der Waals surface area contributed by atoms with Gasteiger partial charge in [-0.25, -0.2) is 18.7 Å². The van der Waals surface area contributed by atoms with Crippen molar-refractivity contribution in [3.63, 3.8) is 0 Å². The number of nitrogens with zero attached hydrogens (tertiary/aromatic N) is 3. The van der Waals surface area contributed by atoms with Crippen LogP contribution in [0.3, 0.4) is 0 Å². The van der Waals surface area contributed by atoms with Crippen LogP contribution in [0.4, 0.5) is 13.2 Å². The van der Waals surface area contributed by atoms with Gasteiger partial charge in [-0.05, 0) is 31.0 Å². The molecule has 43 heavy (non-hydrogen) atoms. The number of fused-ring (bicyclic) bond motifs is 2. The van der Waals surface area contributed by atoms with Crippen LogP contribution in [-0.4, -0.2) is 86.1 Å². The van der Waals surface area contributed by atoms with E-state index in [0.29, 0.717) is 54.0 Å². The molecule has 0 bridgehead atoms. The molecule has 16 heteroatoms. The summed E-state index contributed by atoms with van der Waals surface area (Å²) in [7, 11) is 1.59. The van der Waals surface area contributed by atoms with Crippen molar-refractivity contribution in [1.29, 1.82) is 0 Å². The Morgan fingerprint density at radius 2 is 1.79 bits per heavy atom. The van der Waals surface area contributed by atoms with Crippen LogP contribution in [0.1, 0.15) is 34.5 Å². The largest absolute Gasteiger partial charge is 0.479 e. The van der Waals surface area contributed by atoms with E-state index in [1.807, 2.05) is 6.20 Å². The Balaban J connectivity index is 0.000000365. The van der Waals surface area contributed by atoms with Gasteiger partial charge in [0.25, 0.3) is 5.92 Å². The molecule has 234 valence electrons. The molecular weight excluding hydrogens is 619 g/mol. The summed E-state index contributed by atoms with van der Waals surface area (Å²) in [5.74, 6) is -6.91. The van der Waals surface area contributed by atoms with Gasteiger partial charge in [0.05, 0.1) is 16.6 Å². The first-order chi connectivity index (χ1) is 20.3. The van der Waals surface area contributed by atoms with E-state index in [2.05, 4.69) is 10.00 Å². The normalized spacial score (nSPS) is 18.8. The van der Waals surface area contributed by atoms with E-state index >= 15 is 0 Å². The number of methoxy groups -OCH3 is 1. The van der Waals surface area contributed by atoms with Crippen LogP contribution in [-0.2, 0) is 43.7 Å². The van der Waals surface area contributed by atoms with Crippen LogP contribution in [0.15, 0.2) is 36.5 Å². The molecule has 1 fully saturated rings. The van der Waals surface area contributed by atoms with Crippen LogP contribution >= 0.6 is 22.9 Å². The third kappa shape index (κ3) is 7.20. The number of carboxylic acids is 2. The first-order valence-corrected chi connectivity index (χ1v) is 14.1. The number of hydrogen-bond acceptors (Lipinski definition) is 9. The van der Waals surface area contributed by atoms with Crippen molar-refractivity contribution in [2.24, 2.45) is 0 Å². The summed E-state index contributed by atoms with van der Waals surface area (Å²) in [6.07, 6.45) is -1.52. The third-order valence-corrected chi connectivity index (χ3v) is 8.61. The number of carbonyl (C=O) groups is 2. The summed E-state index contributed by atoms with van der Waals surface area (Å²) in [6.45, 7) is 1.61. The van der Waals surface area contributed by atoms with Crippen molar-refractivity contribution in [3.8, 4) is 5.69 Å². The molecule has 1 aromatic carbocycles. The highest BCUT2D eigenvalue weighted by Crippen LogP contribution is 2.52. The number of piperidine rings is 1. The van der Waals surface area contributed by atoms with E-state index in [1.165, 1.54) is 28.2 Å². The number of carboxylic acid groups (broad SMARTS) is 2. The van der Waals surface area contributed by atoms with Gasteiger partial charge >= 0.3 is 11.9 Å². The lowest BCUT2D eigenvalue weighted by Gasteiger charge is -2.45. The quantitative estimate of drug-likeness (QED) is 0.286. The van der Waals surface area contributed by atoms with Crippen molar-refractivity contribution in [2.45, 2.75) is 49.7 Å². The number of likely N-dealkylation sites (tertiary alicyclic amines) is 1. The third-order valence-electron chi connectivity index (χ3n) is 7.16. The fourth-order valence-corrected chi connectivity index (χ4v) is 6.37. The summed E-state index contributed by atoms with van der Waals surface area (Å²) in [5, 5.41) is 37.1. The van der Waals surface area contributed by atoms with Crippen molar-refractivity contribution in [3.05, 3.63) is 68.4 Å².